The number of hydrogen-bond donors (Lipinski definition) is 2. The van der Waals surface area contributed by atoms with Crippen LogP contribution >= 0.6 is 0 Å². The van der Waals surface area contributed by atoms with E-state index in [0.717, 1.165) is 31.4 Å². The second-order valence-corrected chi connectivity index (χ2v) is 6.28. The van der Waals surface area contributed by atoms with Gasteiger partial charge in [0.1, 0.15) is 11.4 Å². The lowest BCUT2D eigenvalue weighted by Gasteiger charge is -2.17. The van der Waals surface area contributed by atoms with Gasteiger partial charge in [0.15, 0.2) is 5.82 Å². The molecule has 0 radical (unpaired) electrons. The zero-order chi connectivity index (χ0) is 18.5. The van der Waals surface area contributed by atoms with Crippen LogP contribution in [0.5, 0.6) is 5.75 Å². The van der Waals surface area contributed by atoms with E-state index in [1.807, 2.05) is 17.6 Å². The molecule has 1 aromatic heterocycles. The van der Waals surface area contributed by atoms with Gasteiger partial charge in [-0.15, -0.1) is 0 Å². The number of rotatable bonds is 6. The Bertz CT molecular complexity index is 813. The van der Waals surface area contributed by atoms with E-state index in [-0.39, 0.29) is 17.6 Å². The van der Waals surface area contributed by atoms with E-state index in [1.165, 1.54) is 0 Å². The highest BCUT2D eigenvalue weighted by Gasteiger charge is 2.27. The number of benzene rings is 1. The first-order chi connectivity index (χ1) is 12.6. The van der Waals surface area contributed by atoms with Gasteiger partial charge in [0.05, 0.1) is 12.8 Å². The monoisotopic (exact) mass is 356 g/mol. The number of carbonyl (C=O) groups excluding carboxylic acids is 2. The van der Waals surface area contributed by atoms with Crippen molar-refractivity contribution in [2.75, 3.05) is 19.0 Å². The van der Waals surface area contributed by atoms with Gasteiger partial charge < -0.3 is 19.9 Å². The van der Waals surface area contributed by atoms with Gasteiger partial charge in [-0.05, 0) is 37.8 Å². The average molecular weight is 356 g/mol. The maximum atomic E-state index is 12.8. The third kappa shape index (κ3) is 3.71. The largest absolute Gasteiger partial charge is 0.497 e. The van der Waals surface area contributed by atoms with Gasteiger partial charge in [0.2, 0.25) is 0 Å². The third-order valence-electron chi connectivity index (χ3n) is 4.40. The Labute approximate surface area is 152 Å². The Balaban J connectivity index is 1.87. The molecule has 138 valence electrons. The van der Waals surface area contributed by atoms with E-state index in [9.17, 15) is 9.59 Å². The van der Waals surface area contributed by atoms with Crippen LogP contribution in [0.4, 0.5) is 5.69 Å². The first-order valence-electron chi connectivity index (χ1n) is 8.97. The highest BCUT2D eigenvalue weighted by molar-refractivity contribution is 6.03. The normalized spacial score (nSPS) is 13.0. The number of amides is 2. The molecular formula is C19H24N4O3. The minimum absolute atomic E-state index is 0.210. The molecule has 1 aromatic carbocycles. The van der Waals surface area contributed by atoms with Gasteiger partial charge in [0.25, 0.3) is 11.8 Å². The molecule has 0 spiro atoms. The molecule has 1 aliphatic heterocycles. The molecule has 0 saturated heterocycles. The molecule has 0 bridgehead atoms. The number of aromatic nitrogens is 2. The van der Waals surface area contributed by atoms with Crippen molar-refractivity contribution in [1.29, 1.82) is 0 Å². The SMILES string of the molecule is CCCNC(=O)c1nc(C(=O)Nc2cccc(OC)c2)n2c1CCCC2. The molecule has 0 fully saturated rings. The zero-order valence-corrected chi connectivity index (χ0v) is 15.2. The fraction of sp³-hybridized carbons (Fsp3) is 0.421. The summed E-state index contributed by atoms with van der Waals surface area (Å²) in [5, 5.41) is 5.70. The molecule has 0 unspecified atom stereocenters. The summed E-state index contributed by atoms with van der Waals surface area (Å²) in [5.74, 6) is 0.408. The number of anilines is 1. The third-order valence-corrected chi connectivity index (χ3v) is 4.40. The smallest absolute Gasteiger partial charge is 0.291 e. The predicted molar refractivity (Wildman–Crippen MR) is 98.7 cm³/mol. The lowest BCUT2D eigenvalue weighted by Crippen LogP contribution is -2.26. The molecule has 2 amide bonds. The van der Waals surface area contributed by atoms with Crippen molar-refractivity contribution in [1.82, 2.24) is 14.9 Å². The van der Waals surface area contributed by atoms with Crippen molar-refractivity contribution in [2.45, 2.75) is 39.2 Å². The highest BCUT2D eigenvalue weighted by Crippen LogP contribution is 2.23. The van der Waals surface area contributed by atoms with Crippen LogP contribution in [-0.4, -0.2) is 35.0 Å². The van der Waals surface area contributed by atoms with E-state index < -0.39 is 0 Å². The summed E-state index contributed by atoms with van der Waals surface area (Å²) in [6, 6.07) is 7.14. The maximum Gasteiger partial charge on any atom is 0.291 e. The van der Waals surface area contributed by atoms with Crippen LogP contribution in [0.15, 0.2) is 24.3 Å². The number of nitrogens with zero attached hydrogens (tertiary/aromatic N) is 2. The topological polar surface area (TPSA) is 85.2 Å². The molecule has 26 heavy (non-hydrogen) atoms. The summed E-state index contributed by atoms with van der Waals surface area (Å²) in [4.78, 5) is 29.6. The average Bonchev–Trinajstić information content (AvgIpc) is 3.06. The van der Waals surface area contributed by atoms with Crippen LogP contribution in [0.25, 0.3) is 0 Å². The van der Waals surface area contributed by atoms with Crippen molar-refractivity contribution < 1.29 is 14.3 Å². The number of nitrogens with one attached hydrogen (secondary N) is 2. The van der Waals surface area contributed by atoms with Crippen molar-refractivity contribution >= 4 is 17.5 Å². The van der Waals surface area contributed by atoms with E-state index >= 15 is 0 Å². The highest BCUT2D eigenvalue weighted by atomic mass is 16.5. The molecule has 0 atom stereocenters. The summed E-state index contributed by atoms with van der Waals surface area (Å²) in [7, 11) is 1.58. The van der Waals surface area contributed by atoms with Gasteiger partial charge in [-0.25, -0.2) is 4.98 Å². The summed E-state index contributed by atoms with van der Waals surface area (Å²) in [6.45, 7) is 3.29. The Kier molecular flexibility index (Phi) is 5.55. The molecule has 2 aromatic rings. The maximum absolute atomic E-state index is 12.8. The Hall–Kier alpha value is -2.83. The quantitative estimate of drug-likeness (QED) is 0.833. The minimum Gasteiger partial charge on any atom is -0.497 e. The lowest BCUT2D eigenvalue weighted by atomic mass is 10.1. The first kappa shape index (κ1) is 18.0. The first-order valence-corrected chi connectivity index (χ1v) is 8.97. The van der Waals surface area contributed by atoms with Crippen LogP contribution in [0.3, 0.4) is 0 Å². The van der Waals surface area contributed by atoms with Crippen LogP contribution in [-0.2, 0) is 13.0 Å². The molecule has 0 saturated carbocycles. The molecule has 7 nitrogen and oxygen atoms in total. The number of hydrogen-bond acceptors (Lipinski definition) is 4. The van der Waals surface area contributed by atoms with E-state index in [0.29, 0.717) is 30.2 Å². The van der Waals surface area contributed by atoms with Crippen LogP contribution in [0.2, 0.25) is 0 Å². The Morgan fingerprint density at radius 1 is 1.27 bits per heavy atom. The Morgan fingerprint density at radius 3 is 2.88 bits per heavy atom. The number of imidazole rings is 1. The van der Waals surface area contributed by atoms with Crippen LogP contribution < -0.4 is 15.4 Å². The van der Waals surface area contributed by atoms with Crippen molar-refractivity contribution in [3.05, 3.63) is 41.5 Å². The molecule has 0 aliphatic carbocycles. The fourth-order valence-electron chi connectivity index (χ4n) is 3.11. The second kappa shape index (κ2) is 8.03. The van der Waals surface area contributed by atoms with Gasteiger partial charge >= 0.3 is 0 Å². The summed E-state index contributed by atoms with van der Waals surface area (Å²) >= 11 is 0. The molecular weight excluding hydrogens is 332 g/mol. The standard InChI is InChI=1S/C19H24N4O3/c1-3-10-20-18(24)16-15-9-4-5-11-23(15)17(22-16)19(25)21-13-7-6-8-14(12-13)26-2/h6-8,12H,3-5,9-11H2,1-2H3,(H,20,24)(H,21,25). The van der Waals surface area contributed by atoms with E-state index in [1.54, 1.807) is 25.3 Å². The van der Waals surface area contributed by atoms with Gasteiger partial charge in [0, 0.05) is 24.8 Å². The van der Waals surface area contributed by atoms with Crippen LogP contribution in [0, 0.1) is 0 Å². The second-order valence-electron chi connectivity index (χ2n) is 6.28. The summed E-state index contributed by atoms with van der Waals surface area (Å²) in [6.07, 6.45) is 3.58. The molecule has 2 N–H and O–H groups in total. The fourth-order valence-corrected chi connectivity index (χ4v) is 3.11. The predicted octanol–water partition coefficient (Wildman–Crippen LogP) is 2.62. The molecule has 2 heterocycles. The minimum atomic E-state index is -0.323. The van der Waals surface area contributed by atoms with Crippen molar-refractivity contribution in [3.63, 3.8) is 0 Å². The number of carbonyl (C=O) groups is 2. The van der Waals surface area contributed by atoms with E-state index in [2.05, 4.69) is 15.6 Å². The zero-order valence-electron chi connectivity index (χ0n) is 15.2. The summed E-state index contributed by atoms with van der Waals surface area (Å²) < 4.78 is 7.06. The number of methoxy groups -OCH3 is 1. The summed E-state index contributed by atoms with van der Waals surface area (Å²) in [5.41, 5.74) is 1.84. The number of ether oxygens (including phenoxy) is 1. The Morgan fingerprint density at radius 2 is 2.12 bits per heavy atom. The van der Waals surface area contributed by atoms with E-state index in [4.69, 9.17) is 4.74 Å². The van der Waals surface area contributed by atoms with Crippen molar-refractivity contribution in [2.24, 2.45) is 0 Å². The number of fused-ring (bicyclic) bond motifs is 1. The van der Waals surface area contributed by atoms with Crippen molar-refractivity contribution in [3.8, 4) is 5.75 Å². The molecule has 3 rings (SSSR count). The molecule has 1 aliphatic rings. The van der Waals surface area contributed by atoms with Crippen LogP contribution in [0.1, 0.15) is 53.0 Å². The van der Waals surface area contributed by atoms with Gasteiger partial charge in [-0.2, -0.15) is 0 Å². The van der Waals surface area contributed by atoms with Gasteiger partial charge in [-0.3, -0.25) is 9.59 Å². The molecule has 7 heteroatoms. The lowest BCUT2D eigenvalue weighted by molar-refractivity contribution is 0.0947. The van der Waals surface area contributed by atoms with Gasteiger partial charge in [-0.1, -0.05) is 13.0 Å².